The minimum absolute atomic E-state index is 0.144. The predicted molar refractivity (Wildman–Crippen MR) is 58.0 cm³/mol. The van der Waals surface area contributed by atoms with Crippen LogP contribution in [0.1, 0.15) is 30.6 Å². The average molecular weight is 208 g/mol. The molecule has 0 saturated heterocycles. The zero-order valence-electron chi connectivity index (χ0n) is 9.28. The van der Waals surface area contributed by atoms with Gasteiger partial charge in [0.15, 0.2) is 0 Å². The Bertz CT molecular complexity index is 339. The van der Waals surface area contributed by atoms with Gasteiger partial charge in [-0.25, -0.2) is 4.98 Å². The number of ether oxygens (including phenoxy) is 1. The van der Waals surface area contributed by atoms with Crippen LogP contribution in [0.5, 0.6) is 5.88 Å². The highest BCUT2D eigenvalue weighted by atomic mass is 16.5. The first kappa shape index (κ1) is 11.5. The molecule has 4 heteroatoms. The fraction of sp³-hybridized carbons (Fsp3) is 0.455. The Morgan fingerprint density at radius 3 is 3.00 bits per heavy atom. The van der Waals surface area contributed by atoms with Gasteiger partial charge >= 0.3 is 0 Å². The van der Waals surface area contributed by atoms with Crippen molar-refractivity contribution in [3.8, 4) is 5.88 Å². The number of pyridine rings is 1. The molecule has 0 aliphatic carbocycles. The summed E-state index contributed by atoms with van der Waals surface area (Å²) < 4.78 is 5.01. The molecule has 0 fully saturated rings. The molecular weight excluding hydrogens is 192 g/mol. The molecule has 4 nitrogen and oxygen atoms in total. The highest BCUT2D eigenvalue weighted by molar-refractivity contribution is 5.96. The average Bonchev–Trinajstić information content (AvgIpc) is 2.28. The minimum Gasteiger partial charge on any atom is -0.480 e. The van der Waals surface area contributed by atoms with Gasteiger partial charge in [-0.2, -0.15) is 0 Å². The lowest BCUT2D eigenvalue weighted by Gasteiger charge is -2.12. The third-order valence-corrected chi connectivity index (χ3v) is 2.20. The topological polar surface area (TPSA) is 51.2 Å². The molecule has 15 heavy (non-hydrogen) atoms. The van der Waals surface area contributed by atoms with Gasteiger partial charge in [0.2, 0.25) is 5.88 Å². The summed E-state index contributed by atoms with van der Waals surface area (Å²) in [6.07, 6.45) is 2.49. The SMILES string of the molecule is CCC(C)NC(=O)c1cccnc1OC. The molecule has 0 aliphatic heterocycles. The molecule has 1 aromatic heterocycles. The van der Waals surface area contributed by atoms with Crippen molar-refractivity contribution in [3.63, 3.8) is 0 Å². The largest absolute Gasteiger partial charge is 0.480 e. The van der Waals surface area contributed by atoms with Crippen molar-refractivity contribution in [1.29, 1.82) is 0 Å². The van der Waals surface area contributed by atoms with Crippen LogP contribution in [-0.2, 0) is 0 Å². The Morgan fingerprint density at radius 2 is 2.40 bits per heavy atom. The number of aromatic nitrogens is 1. The van der Waals surface area contributed by atoms with E-state index in [1.807, 2.05) is 13.8 Å². The molecule has 0 aromatic carbocycles. The number of methoxy groups -OCH3 is 1. The van der Waals surface area contributed by atoms with E-state index in [-0.39, 0.29) is 11.9 Å². The standard InChI is InChI=1S/C11H16N2O2/c1-4-8(2)13-10(14)9-6-5-7-12-11(9)15-3/h5-8H,4H2,1-3H3,(H,13,14). The van der Waals surface area contributed by atoms with Crippen LogP contribution in [0.3, 0.4) is 0 Å². The van der Waals surface area contributed by atoms with Crippen LogP contribution in [0.2, 0.25) is 0 Å². The van der Waals surface area contributed by atoms with E-state index >= 15 is 0 Å². The number of nitrogens with zero attached hydrogens (tertiary/aromatic N) is 1. The number of carbonyl (C=O) groups excluding carboxylic acids is 1. The van der Waals surface area contributed by atoms with Gasteiger partial charge in [-0.3, -0.25) is 4.79 Å². The molecule has 0 bridgehead atoms. The first-order chi connectivity index (χ1) is 7.19. The maximum Gasteiger partial charge on any atom is 0.256 e. The van der Waals surface area contributed by atoms with Crippen molar-refractivity contribution in [3.05, 3.63) is 23.9 Å². The van der Waals surface area contributed by atoms with Gasteiger partial charge in [0, 0.05) is 12.2 Å². The van der Waals surface area contributed by atoms with Crippen molar-refractivity contribution in [2.75, 3.05) is 7.11 Å². The summed E-state index contributed by atoms with van der Waals surface area (Å²) in [7, 11) is 1.50. The van der Waals surface area contributed by atoms with E-state index in [1.54, 1.807) is 18.3 Å². The second-order valence-corrected chi connectivity index (χ2v) is 3.34. The van der Waals surface area contributed by atoms with E-state index in [2.05, 4.69) is 10.3 Å². The normalized spacial score (nSPS) is 11.9. The summed E-state index contributed by atoms with van der Waals surface area (Å²) >= 11 is 0. The molecule has 0 radical (unpaired) electrons. The van der Waals surface area contributed by atoms with E-state index in [0.717, 1.165) is 6.42 Å². The van der Waals surface area contributed by atoms with E-state index in [9.17, 15) is 4.79 Å². The van der Waals surface area contributed by atoms with Crippen LogP contribution in [0, 0.1) is 0 Å². The van der Waals surface area contributed by atoms with Gasteiger partial charge in [-0.1, -0.05) is 6.92 Å². The zero-order valence-corrected chi connectivity index (χ0v) is 9.28. The number of rotatable bonds is 4. The third-order valence-electron chi connectivity index (χ3n) is 2.20. The van der Waals surface area contributed by atoms with Crippen molar-refractivity contribution < 1.29 is 9.53 Å². The van der Waals surface area contributed by atoms with Crippen molar-refractivity contribution >= 4 is 5.91 Å². The Morgan fingerprint density at radius 1 is 1.67 bits per heavy atom. The first-order valence-corrected chi connectivity index (χ1v) is 4.99. The van der Waals surface area contributed by atoms with Crippen LogP contribution in [-0.4, -0.2) is 24.0 Å². The second-order valence-electron chi connectivity index (χ2n) is 3.34. The third kappa shape index (κ3) is 2.94. The van der Waals surface area contributed by atoms with E-state index in [1.165, 1.54) is 7.11 Å². The number of amides is 1. The summed E-state index contributed by atoms with van der Waals surface area (Å²) in [6.45, 7) is 3.98. The maximum atomic E-state index is 11.8. The Hall–Kier alpha value is -1.58. The van der Waals surface area contributed by atoms with Gasteiger partial charge in [0.05, 0.1) is 7.11 Å². The minimum atomic E-state index is -0.144. The lowest BCUT2D eigenvalue weighted by molar-refractivity contribution is 0.0935. The molecule has 82 valence electrons. The predicted octanol–water partition coefficient (Wildman–Crippen LogP) is 1.62. The van der Waals surface area contributed by atoms with Crippen LogP contribution >= 0.6 is 0 Å². The second kappa shape index (κ2) is 5.34. The summed E-state index contributed by atoms with van der Waals surface area (Å²) in [5.41, 5.74) is 0.473. The fourth-order valence-corrected chi connectivity index (χ4v) is 1.13. The lowest BCUT2D eigenvalue weighted by atomic mass is 10.2. The van der Waals surface area contributed by atoms with Crippen molar-refractivity contribution in [2.45, 2.75) is 26.3 Å². The van der Waals surface area contributed by atoms with Crippen LogP contribution < -0.4 is 10.1 Å². The number of carbonyl (C=O) groups is 1. The lowest BCUT2D eigenvalue weighted by Crippen LogP contribution is -2.32. The quantitative estimate of drug-likeness (QED) is 0.818. The molecule has 1 rings (SSSR count). The van der Waals surface area contributed by atoms with Crippen LogP contribution in [0.15, 0.2) is 18.3 Å². The molecule has 0 saturated carbocycles. The number of hydrogen-bond donors (Lipinski definition) is 1. The molecule has 1 amide bonds. The molecular formula is C11H16N2O2. The summed E-state index contributed by atoms with van der Waals surface area (Å²) in [5, 5.41) is 2.86. The van der Waals surface area contributed by atoms with Crippen LogP contribution in [0.4, 0.5) is 0 Å². The molecule has 1 aromatic rings. The maximum absolute atomic E-state index is 11.8. The molecule has 1 N–H and O–H groups in total. The Balaban J connectivity index is 2.81. The first-order valence-electron chi connectivity index (χ1n) is 4.99. The molecule has 1 heterocycles. The monoisotopic (exact) mass is 208 g/mol. The Kier molecular flexibility index (Phi) is 4.09. The summed E-state index contributed by atoms with van der Waals surface area (Å²) in [5.74, 6) is 0.215. The highest BCUT2D eigenvalue weighted by Gasteiger charge is 2.13. The van der Waals surface area contributed by atoms with Gasteiger partial charge in [0.1, 0.15) is 5.56 Å². The molecule has 0 aliphatic rings. The van der Waals surface area contributed by atoms with Gasteiger partial charge < -0.3 is 10.1 Å². The zero-order chi connectivity index (χ0) is 11.3. The summed E-state index contributed by atoms with van der Waals surface area (Å²) in [4.78, 5) is 15.7. The smallest absolute Gasteiger partial charge is 0.256 e. The molecule has 0 spiro atoms. The molecule has 1 atom stereocenters. The van der Waals surface area contributed by atoms with Gasteiger partial charge in [-0.15, -0.1) is 0 Å². The number of nitrogens with one attached hydrogen (secondary N) is 1. The van der Waals surface area contributed by atoms with Gasteiger partial charge in [-0.05, 0) is 25.5 Å². The highest BCUT2D eigenvalue weighted by Crippen LogP contribution is 2.13. The Labute approximate surface area is 89.7 Å². The van der Waals surface area contributed by atoms with Crippen LogP contribution in [0.25, 0.3) is 0 Å². The van der Waals surface area contributed by atoms with Crippen molar-refractivity contribution in [2.24, 2.45) is 0 Å². The number of hydrogen-bond acceptors (Lipinski definition) is 3. The molecule has 1 unspecified atom stereocenters. The fourth-order valence-electron chi connectivity index (χ4n) is 1.13. The van der Waals surface area contributed by atoms with E-state index in [0.29, 0.717) is 11.4 Å². The van der Waals surface area contributed by atoms with E-state index < -0.39 is 0 Å². The summed E-state index contributed by atoms with van der Waals surface area (Å²) in [6, 6.07) is 3.57. The van der Waals surface area contributed by atoms with E-state index in [4.69, 9.17) is 4.74 Å². The van der Waals surface area contributed by atoms with Gasteiger partial charge in [0.25, 0.3) is 5.91 Å². The van der Waals surface area contributed by atoms with Crippen molar-refractivity contribution in [1.82, 2.24) is 10.3 Å².